The molecule has 9 heteroatoms. The lowest BCUT2D eigenvalue weighted by molar-refractivity contribution is 0.0527. The fourth-order valence-electron chi connectivity index (χ4n) is 3.11. The van der Waals surface area contributed by atoms with Gasteiger partial charge in [0.15, 0.2) is 5.00 Å². The van der Waals surface area contributed by atoms with Crippen LogP contribution < -0.4 is 4.90 Å². The standard InChI is InChI=1S/C23H28N4O4S/c1-6-27(13-9-12-24)17-10-11-18(15(4)14-17)25-26-21-19(22(28)30-7-2)16(5)20(32-21)23(29)31-8-3/h10-11,14H,6-9,13H2,1-5H3. The van der Waals surface area contributed by atoms with Gasteiger partial charge < -0.3 is 14.4 Å². The first-order valence-electron chi connectivity index (χ1n) is 10.5. The van der Waals surface area contributed by atoms with Crippen molar-refractivity contribution < 1.29 is 19.1 Å². The van der Waals surface area contributed by atoms with Gasteiger partial charge in [-0.05, 0) is 63.9 Å². The Balaban J connectivity index is 2.39. The van der Waals surface area contributed by atoms with Crippen LogP contribution in [0.2, 0.25) is 0 Å². The van der Waals surface area contributed by atoms with Gasteiger partial charge in [-0.3, -0.25) is 0 Å². The molecule has 1 aromatic carbocycles. The normalized spacial score (nSPS) is 10.8. The topological polar surface area (TPSA) is 104 Å². The summed E-state index contributed by atoms with van der Waals surface area (Å²) in [5, 5.41) is 17.8. The van der Waals surface area contributed by atoms with Gasteiger partial charge >= 0.3 is 11.9 Å². The fourth-order valence-corrected chi connectivity index (χ4v) is 4.12. The number of azo groups is 1. The van der Waals surface area contributed by atoms with E-state index in [2.05, 4.69) is 21.2 Å². The molecule has 0 aliphatic carbocycles. The lowest BCUT2D eigenvalue weighted by Crippen LogP contribution is -2.23. The molecule has 0 fully saturated rings. The summed E-state index contributed by atoms with van der Waals surface area (Å²) in [5.41, 5.74) is 3.25. The molecule has 0 amide bonds. The van der Waals surface area contributed by atoms with Crippen LogP contribution in [0.4, 0.5) is 16.4 Å². The average molecular weight is 457 g/mol. The van der Waals surface area contributed by atoms with Crippen molar-refractivity contribution in [1.29, 1.82) is 5.26 Å². The number of thiophene rings is 1. The Bertz CT molecular complexity index is 1040. The number of esters is 2. The molecule has 1 heterocycles. The summed E-state index contributed by atoms with van der Waals surface area (Å²) in [6.07, 6.45) is 0.450. The molecular weight excluding hydrogens is 428 g/mol. The number of benzene rings is 1. The predicted octanol–water partition coefficient (Wildman–Crippen LogP) is 5.87. The minimum Gasteiger partial charge on any atom is -0.462 e. The highest BCUT2D eigenvalue weighted by atomic mass is 32.1. The van der Waals surface area contributed by atoms with Crippen molar-refractivity contribution in [3.05, 3.63) is 39.8 Å². The van der Waals surface area contributed by atoms with Crippen LogP contribution in [0.1, 0.15) is 58.3 Å². The fraction of sp³-hybridized carbons (Fsp3) is 0.435. The number of hydrogen-bond donors (Lipinski definition) is 0. The first-order chi connectivity index (χ1) is 15.4. The maximum atomic E-state index is 12.5. The van der Waals surface area contributed by atoms with Gasteiger partial charge in [0.1, 0.15) is 10.4 Å². The van der Waals surface area contributed by atoms with E-state index in [1.165, 1.54) is 0 Å². The highest BCUT2D eigenvalue weighted by Crippen LogP contribution is 2.38. The average Bonchev–Trinajstić information content (AvgIpc) is 3.10. The zero-order valence-electron chi connectivity index (χ0n) is 19.1. The third-order valence-corrected chi connectivity index (χ3v) is 5.89. The number of anilines is 1. The van der Waals surface area contributed by atoms with Gasteiger partial charge in [-0.15, -0.1) is 21.6 Å². The monoisotopic (exact) mass is 456 g/mol. The molecule has 0 radical (unpaired) electrons. The number of rotatable bonds is 10. The highest BCUT2D eigenvalue weighted by molar-refractivity contribution is 7.18. The molecule has 0 bridgehead atoms. The minimum absolute atomic E-state index is 0.208. The van der Waals surface area contributed by atoms with Crippen LogP contribution in [0.3, 0.4) is 0 Å². The van der Waals surface area contributed by atoms with Crippen LogP contribution in [-0.4, -0.2) is 38.2 Å². The Hall–Kier alpha value is -3.25. The third-order valence-electron chi connectivity index (χ3n) is 4.74. The third kappa shape index (κ3) is 5.92. The van der Waals surface area contributed by atoms with E-state index in [-0.39, 0.29) is 18.8 Å². The van der Waals surface area contributed by atoms with Crippen molar-refractivity contribution in [3.63, 3.8) is 0 Å². The zero-order valence-corrected chi connectivity index (χ0v) is 19.9. The molecule has 0 saturated heterocycles. The summed E-state index contributed by atoms with van der Waals surface area (Å²) in [6.45, 7) is 11.0. The summed E-state index contributed by atoms with van der Waals surface area (Å²) >= 11 is 1.06. The largest absolute Gasteiger partial charge is 0.462 e. The number of nitriles is 1. The van der Waals surface area contributed by atoms with Crippen LogP contribution >= 0.6 is 11.3 Å². The van der Waals surface area contributed by atoms with Gasteiger partial charge in [-0.2, -0.15) is 5.26 Å². The molecule has 2 rings (SSSR count). The molecule has 0 atom stereocenters. The summed E-state index contributed by atoms with van der Waals surface area (Å²) < 4.78 is 10.2. The molecule has 1 aromatic heterocycles. The molecule has 2 aromatic rings. The second kappa shape index (κ2) is 12.0. The molecule has 0 unspecified atom stereocenters. The van der Waals surface area contributed by atoms with Crippen molar-refractivity contribution in [2.24, 2.45) is 10.2 Å². The molecule has 0 aliphatic rings. The Morgan fingerprint density at radius 3 is 2.38 bits per heavy atom. The first-order valence-corrected chi connectivity index (χ1v) is 11.3. The van der Waals surface area contributed by atoms with Gasteiger partial charge in [0.25, 0.3) is 0 Å². The molecule has 32 heavy (non-hydrogen) atoms. The van der Waals surface area contributed by atoms with E-state index in [1.54, 1.807) is 20.8 Å². The van der Waals surface area contributed by atoms with Crippen molar-refractivity contribution in [1.82, 2.24) is 0 Å². The van der Waals surface area contributed by atoms with Crippen molar-refractivity contribution in [2.45, 2.75) is 41.0 Å². The van der Waals surface area contributed by atoms with Gasteiger partial charge in [-0.25, -0.2) is 9.59 Å². The summed E-state index contributed by atoms with van der Waals surface area (Å²) in [5.74, 6) is -1.05. The van der Waals surface area contributed by atoms with E-state index >= 15 is 0 Å². The smallest absolute Gasteiger partial charge is 0.348 e. The maximum absolute atomic E-state index is 12.5. The summed E-state index contributed by atoms with van der Waals surface area (Å²) in [7, 11) is 0. The number of carbonyl (C=O) groups excluding carboxylic acids is 2. The Kier molecular flexibility index (Phi) is 9.35. The number of ether oxygens (including phenoxy) is 2. The Labute approximate surface area is 192 Å². The quantitative estimate of drug-likeness (QED) is 0.327. The van der Waals surface area contributed by atoms with E-state index < -0.39 is 11.9 Å². The molecule has 0 saturated carbocycles. The zero-order chi connectivity index (χ0) is 23.7. The first kappa shape index (κ1) is 25.0. The summed E-state index contributed by atoms with van der Waals surface area (Å²) in [6, 6.07) is 7.93. The number of carbonyl (C=O) groups is 2. The lowest BCUT2D eigenvalue weighted by Gasteiger charge is -2.22. The second-order valence-corrected chi connectivity index (χ2v) is 7.83. The van der Waals surface area contributed by atoms with Crippen molar-refractivity contribution in [3.8, 4) is 6.07 Å². The van der Waals surface area contributed by atoms with Crippen LogP contribution in [0.5, 0.6) is 0 Å². The minimum atomic E-state index is -0.547. The molecule has 0 aliphatic heterocycles. The van der Waals surface area contributed by atoms with Crippen molar-refractivity contribution in [2.75, 3.05) is 31.2 Å². The molecule has 8 nitrogen and oxygen atoms in total. The van der Waals surface area contributed by atoms with E-state index in [4.69, 9.17) is 14.7 Å². The maximum Gasteiger partial charge on any atom is 0.348 e. The van der Waals surface area contributed by atoms with E-state index in [0.29, 0.717) is 34.1 Å². The van der Waals surface area contributed by atoms with E-state index in [1.807, 2.05) is 32.0 Å². The predicted molar refractivity (Wildman–Crippen MR) is 124 cm³/mol. The summed E-state index contributed by atoms with van der Waals surface area (Å²) in [4.78, 5) is 27.2. The SMILES string of the molecule is CCOC(=O)c1sc(N=Nc2ccc(N(CC)CCC#N)cc2C)c(C(=O)OCC)c1C. The Morgan fingerprint density at radius 1 is 1.09 bits per heavy atom. The number of hydrogen-bond acceptors (Lipinski definition) is 9. The Morgan fingerprint density at radius 2 is 1.78 bits per heavy atom. The number of nitrogens with zero attached hydrogens (tertiary/aromatic N) is 4. The van der Waals surface area contributed by atoms with Crippen LogP contribution in [0, 0.1) is 25.2 Å². The van der Waals surface area contributed by atoms with Gasteiger partial charge in [0.05, 0.1) is 31.4 Å². The number of aryl methyl sites for hydroxylation is 1. The molecular formula is C23H28N4O4S. The molecule has 170 valence electrons. The lowest BCUT2D eigenvalue weighted by atomic mass is 10.1. The van der Waals surface area contributed by atoms with E-state index in [0.717, 1.165) is 29.1 Å². The van der Waals surface area contributed by atoms with Crippen LogP contribution in [0.25, 0.3) is 0 Å². The second-order valence-electron chi connectivity index (χ2n) is 6.84. The van der Waals surface area contributed by atoms with Gasteiger partial charge in [-0.1, -0.05) is 0 Å². The molecule has 0 spiro atoms. The van der Waals surface area contributed by atoms with Gasteiger partial charge in [0, 0.05) is 18.8 Å². The van der Waals surface area contributed by atoms with Gasteiger partial charge in [0.2, 0.25) is 0 Å². The van der Waals surface area contributed by atoms with Crippen LogP contribution in [-0.2, 0) is 9.47 Å². The molecule has 0 N–H and O–H groups in total. The highest BCUT2D eigenvalue weighted by Gasteiger charge is 2.26. The van der Waals surface area contributed by atoms with Crippen molar-refractivity contribution >= 4 is 39.7 Å². The van der Waals surface area contributed by atoms with E-state index in [9.17, 15) is 9.59 Å². The van der Waals surface area contributed by atoms with Crippen LogP contribution in [0.15, 0.2) is 28.4 Å².